The highest BCUT2D eigenvalue weighted by molar-refractivity contribution is 6.32. The van der Waals surface area contributed by atoms with Crippen molar-refractivity contribution in [1.29, 1.82) is 0 Å². The highest BCUT2D eigenvalue weighted by Crippen LogP contribution is 2.35. The lowest BCUT2D eigenvalue weighted by molar-refractivity contribution is 0.0913. The Morgan fingerprint density at radius 2 is 2.00 bits per heavy atom. The smallest absolute Gasteiger partial charge is 0.252 e. The van der Waals surface area contributed by atoms with Crippen LogP contribution in [0.3, 0.4) is 0 Å². The molecule has 2 aromatic carbocycles. The van der Waals surface area contributed by atoms with E-state index in [2.05, 4.69) is 15.5 Å². The molecule has 0 saturated heterocycles. The number of amides is 1. The molecule has 3 aromatic rings. The van der Waals surface area contributed by atoms with Gasteiger partial charge in [0, 0.05) is 11.1 Å². The molecule has 0 unspecified atom stereocenters. The molecule has 1 amide bonds. The minimum absolute atomic E-state index is 0.0121. The molecule has 0 fully saturated rings. The number of ether oxygens (including phenoxy) is 1. The predicted molar refractivity (Wildman–Crippen MR) is 109 cm³/mol. The first kappa shape index (κ1) is 20.7. The van der Waals surface area contributed by atoms with Crippen LogP contribution in [0.2, 0.25) is 5.02 Å². The summed E-state index contributed by atoms with van der Waals surface area (Å²) in [7, 11) is 0. The van der Waals surface area contributed by atoms with Gasteiger partial charge in [0.05, 0.1) is 11.6 Å². The SMILES string of the molecule is CCOc1cc(C(=O)N[C@H](c2nc(-c3ccccc3)no2)C(C)C)cc(Cl)c1O. The van der Waals surface area contributed by atoms with Crippen molar-refractivity contribution in [3.63, 3.8) is 0 Å². The molecule has 1 atom stereocenters. The molecule has 7 nitrogen and oxygen atoms in total. The number of nitrogens with one attached hydrogen (secondary N) is 1. The minimum Gasteiger partial charge on any atom is -0.503 e. The summed E-state index contributed by atoms with van der Waals surface area (Å²) < 4.78 is 10.8. The van der Waals surface area contributed by atoms with E-state index in [-0.39, 0.29) is 28.0 Å². The quantitative estimate of drug-likeness (QED) is 0.584. The Kier molecular flexibility index (Phi) is 6.39. The summed E-state index contributed by atoms with van der Waals surface area (Å²) in [5.74, 6) is 0.298. The lowest BCUT2D eigenvalue weighted by Gasteiger charge is -2.19. The van der Waals surface area contributed by atoms with Gasteiger partial charge in [-0.15, -0.1) is 0 Å². The molecule has 0 aliphatic rings. The topological polar surface area (TPSA) is 97.5 Å². The van der Waals surface area contributed by atoms with Gasteiger partial charge < -0.3 is 19.7 Å². The summed E-state index contributed by atoms with van der Waals surface area (Å²) in [6, 6.07) is 11.8. The van der Waals surface area contributed by atoms with Crippen LogP contribution >= 0.6 is 11.6 Å². The zero-order valence-corrected chi connectivity index (χ0v) is 17.1. The summed E-state index contributed by atoms with van der Waals surface area (Å²) in [4.78, 5) is 17.3. The van der Waals surface area contributed by atoms with Gasteiger partial charge in [0.15, 0.2) is 11.5 Å². The second-order valence-electron chi connectivity index (χ2n) is 6.76. The molecule has 152 valence electrons. The van der Waals surface area contributed by atoms with E-state index in [9.17, 15) is 9.90 Å². The molecular formula is C21H22ClN3O4. The van der Waals surface area contributed by atoms with Gasteiger partial charge in [-0.3, -0.25) is 4.79 Å². The number of carbonyl (C=O) groups is 1. The number of halogens is 1. The highest BCUT2D eigenvalue weighted by Gasteiger charge is 2.26. The molecule has 0 spiro atoms. The molecule has 0 saturated carbocycles. The van der Waals surface area contributed by atoms with Gasteiger partial charge in [-0.05, 0) is 25.0 Å². The first-order chi connectivity index (χ1) is 13.9. The molecular weight excluding hydrogens is 394 g/mol. The first-order valence-electron chi connectivity index (χ1n) is 9.25. The third-order valence-corrected chi connectivity index (χ3v) is 4.57. The Labute approximate surface area is 173 Å². The highest BCUT2D eigenvalue weighted by atomic mass is 35.5. The van der Waals surface area contributed by atoms with Gasteiger partial charge in [0.1, 0.15) is 6.04 Å². The van der Waals surface area contributed by atoms with Crippen LogP contribution in [-0.4, -0.2) is 27.8 Å². The van der Waals surface area contributed by atoms with Gasteiger partial charge in [-0.25, -0.2) is 0 Å². The Morgan fingerprint density at radius 1 is 1.28 bits per heavy atom. The van der Waals surface area contributed by atoms with Crippen LogP contribution in [0.4, 0.5) is 0 Å². The fourth-order valence-electron chi connectivity index (χ4n) is 2.77. The van der Waals surface area contributed by atoms with Gasteiger partial charge in [0.2, 0.25) is 11.7 Å². The number of aromatic nitrogens is 2. The summed E-state index contributed by atoms with van der Waals surface area (Å²) in [6.45, 7) is 5.97. The van der Waals surface area contributed by atoms with Crippen molar-refractivity contribution in [2.75, 3.05) is 6.61 Å². The molecule has 1 heterocycles. The van der Waals surface area contributed by atoms with E-state index in [4.69, 9.17) is 20.9 Å². The van der Waals surface area contributed by atoms with Crippen molar-refractivity contribution in [3.8, 4) is 22.9 Å². The van der Waals surface area contributed by atoms with Crippen LogP contribution in [0.1, 0.15) is 43.1 Å². The molecule has 2 N–H and O–H groups in total. The number of hydrogen-bond acceptors (Lipinski definition) is 6. The molecule has 0 aliphatic carbocycles. The molecule has 0 bridgehead atoms. The van der Waals surface area contributed by atoms with Crippen LogP contribution in [0, 0.1) is 5.92 Å². The van der Waals surface area contributed by atoms with Crippen LogP contribution in [0.25, 0.3) is 11.4 Å². The largest absolute Gasteiger partial charge is 0.503 e. The molecule has 29 heavy (non-hydrogen) atoms. The van der Waals surface area contributed by atoms with Crippen LogP contribution in [0.15, 0.2) is 47.0 Å². The molecule has 8 heteroatoms. The van der Waals surface area contributed by atoms with E-state index in [1.807, 2.05) is 44.2 Å². The van der Waals surface area contributed by atoms with Gasteiger partial charge in [-0.1, -0.05) is 60.9 Å². The monoisotopic (exact) mass is 415 g/mol. The fraction of sp³-hybridized carbons (Fsp3) is 0.286. The summed E-state index contributed by atoms with van der Waals surface area (Å²) in [5, 5.41) is 16.9. The summed E-state index contributed by atoms with van der Waals surface area (Å²) in [5.41, 5.74) is 1.08. The fourth-order valence-corrected chi connectivity index (χ4v) is 2.99. The first-order valence-corrected chi connectivity index (χ1v) is 9.63. The maximum atomic E-state index is 12.8. The Bertz CT molecular complexity index is 989. The van der Waals surface area contributed by atoms with Crippen molar-refractivity contribution in [2.24, 2.45) is 5.92 Å². The number of carbonyl (C=O) groups excluding carboxylic acids is 1. The number of phenols is 1. The summed E-state index contributed by atoms with van der Waals surface area (Å²) >= 11 is 6.04. The minimum atomic E-state index is -0.504. The summed E-state index contributed by atoms with van der Waals surface area (Å²) in [6.07, 6.45) is 0. The molecule has 0 radical (unpaired) electrons. The average molecular weight is 416 g/mol. The van der Waals surface area contributed by atoms with Crippen LogP contribution in [0.5, 0.6) is 11.5 Å². The van der Waals surface area contributed by atoms with E-state index < -0.39 is 11.9 Å². The number of aromatic hydroxyl groups is 1. The van der Waals surface area contributed by atoms with Gasteiger partial charge >= 0.3 is 0 Å². The van der Waals surface area contributed by atoms with Crippen molar-refractivity contribution < 1.29 is 19.2 Å². The Balaban J connectivity index is 1.85. The van der Waals surface area contributed by atoms with Gasteiger partial charge in [0.25, 0.3) is 5.91 Å². The number of nitrogens with zero attached hydrogens (tertiary/aromatic N) is 2. The van der Waals surface area contributed by atoms with Crippen molar-refractivity contribution in [1.82, 2.24) is 15.5 Å². The maximum Gasteiger partial charge on any atom is 0.252 e. The van der Waals surface area contributed by atoms with Gasteiger partial charge in [-0.2, -0.15) is 4.98 Å². The Morgan fingerprint density at radius 3 is 2.66 bits per heavy atom. The van der Waals surface area contributed by atoms with E-state index in [1.165, 1.54) is 12.1 Å². The standard InChI is InChI=1S/C21H22ClN3O4/c1-4-28-16-11-14(10-15(22)18(16)26)20(27)23-17(12(2)3)21-24-19(25-29-21)13-8-6-5-7-9-13/h5-12,17,26H,4H2,1-3H3,(H,23,27)/t17-/m0/s1. The molecule has 1 aromatic heterocycles. The van der Waals surface area contributed by atoms with Crippen LogP contribution < -0.4 is 10.1 Å². The third-order valence-electron chi connectivity index (χ3n) is 4.28. The van der Waals surface area contributed by atoms with E-state index in [0.29, 0.717) is 18.3 Å². The zero-order valence-electron chi connectivity index (χ0n) is 16.3. The normalized spacial score (nSPS) is 12.0. The van der Waals surface area contributed by atoms with Crippen molar-refractivity contribution in [2.45, 2.75) is 26.8 Å². The third kappa shape index (κ3) is 4.68. The van der Waals surface area contributed by atoms with Crippen molar-refractivity contribution >= 4 is 17.5 Å². The predicted octanol–water partition coefficient (Wildman–Crippen LogP) is 4.62. The maximum absolute atomic E-state index is 12.8. The number of hydrogen-bond donors (Lipinski definition) is 2. The lowest BCUT2D eigenvalue weighted by Crippen LogP contribution is -2.32. The molecule has 0 aliphatic heterocycles. The van der Waals surface area contributed by atoms with Crippen molar-refractivity contribution in [3.05, 3.63) is 58.9 Å². The second kappa shape index (κ2) is 8.96. The van der Waals surface area contributed by atoms with E-state index in [1.54, 1.807) is 6.92 Å². The number of rotatable bonds is 7. The number of benzene rings is 2. The van der Waals surface area contributed by atoms with Crippen LogP contribution in [-0.2, 0) is 0 Å². The zero-order chi connectivity index (χ0) is 21.0. The average Bonchev–Trinajstić information content (AvgIpc) is 3.19. The van der Waals surface area contributed by atoms with E-state index in [0.717, 1.165) is 5.56 Å². The number of phenolic OH excluding ortho intramolecular Hbond substituents is 1. The second-order valence-corrected chi connectivity index (χ2v) is 7.16. The lowest BCUT2D eigenvalue weighted by atomic mass is 10.0. The molecule has 3 rings (SSSR count). The Hall–Kier alpha value is -3.06. The van der Waals surface area contributed by atoms with E-state index >= 15 is 0 Å².